The molecule has 2 aliphatic carbocycles. The predicted octanol–water partition coefficient (Wildman–Crippen LogP) is 2.23. The molecule has 0 aromatic heterocycles. The van der Waals surface area contributed by atoms with Crippen LogP contribution >= 0.6 is 12.4 Å². The normalized spacial score (nSPS) is 35.4. The van der Waals surface area contributed by atoms with Gasteiger partial charge >= 0.3 is 0 Å². The van der Waals surface area contributed by atoms with Gasteiger partial charge < -0.3 is 11.1 Å². The van der Waals surface area contributed by atoms with Crippen molar-refractivity contribution in [1.29, 1.82) is 0 Å². The molecule has 0 aliphatic heterocycles. The van der Waals surface area contributed by atoms with Crippen LogP contribution in [0.15, 0.2) is 0 Å². The fraction of sp³-hybridized carbons (Fsp3) is 0.923. The highest BCUT2D eigenvalue weighted by molar-refractivity contribution is 5.87. The summed E-state index contributed by atoms with van der Waals surface area (Å²) in [4.78, 5) is 12.0. The van der Waals surface area contributed by atoms with Crippen molar-refractivity contribution in [2.24, 2.45) is 17.6 Å². The molecule has 0 heterocycles. The number of halogens is 1. The number of carbonyl (C=O) groups is 1. The predicted molar refractivity (Wildman–Crippen MR) is 72.1 cm³/mol. The summed E-state index contributed by atoms with van der Waals surface area (Å²) in [7, 11) is 0. The molecule has 2 saturated carbocycles. The van der Waals surface area contributed by atoms with E-state index in [1.54, 1.807) is 0 Å². The molecule has 2 rings (SSSR count). The van der Waals surface area contributed by atoms with Crippen LogP contribution in [0.5, 0.6) is 0 Å². The largest absolute Gasteiger partial charge is 0.351 e. The number of nitrogens with one attached hydrogen (secondary N) is 1. The van der Waals surface area contributed by atoms with E-state index in [0.717, 1.165) is 25.7 Å². The zero-order valence-electron chi connectivity index (χ0n) is 10.9. The summed E-state index contributed by atoms with van der Waals surface area (Å²) in [6, 6.07) is 0.345. The highest BCUT2D eigenvalue weighted by atomic mass is 35.5. The van der Waals surface area contributed by atoms with E-state index >= 15 is 0 Å². The van der Waals surface area contributed by atoms with Crippen molar-refractivity contribution in [3.8, 4) is 0 Å². The van der Waals surface area contributed by atoms with Crippen molar-refractivity contribution in [3.63, 3.8) is 0 Å². The summed E-state index contributed by atoms with van der Waals surface area (Å²) in [6.07, 6.45) is 6.45. The fourth-order valence-electron chi connectivity index (χ4n) is 2.88. The van der Waals surface area contributed by atoms with Crippen LogP contribution in [0.25, 0.3) is 0 Å². The molecule has 0 aromatic rings. The van der Waals surface area contributed by atoms with Gasteiger partial charge in [0.15, 0.2) is 0 Å². The first kappa shape index (κ1) is 14.8. The second-order valence-electron chi connectivity index (χ2n) is 5.86. The minimum Gasteiger partial charge on any atom is -0.351 e. The van der Waals surface area contributed by atoms with Crippen LogP contribution < -0.4 is 11.1 Å². The summed E-state index contributed by atoms with van der Waals surface area (Å²) >= 11 is 0. The van der Waals surface area contributed by atoms with Crippen molar-refractivity contribution in [1.82, 2.24) is 5.32 Å². The van der Waals surface area contributed by atoms with Crippen LogP contribution in [-0.4, -0.2) is 17.5 Å². The van der Waals surface area contributed by atoms with E-state index in [2.05, 4.69) is 19.2 Å². The van der Waals surface area contributed by atoms with Crippen molar-refractivity contribution >= 4 is 18.3 Å². The summed E-state index contributed by atoms with van der Waals surface area (Å²) in [5.41, 5.74) is 5.49. The summed E-state index contributed by atoms with van der Waals surface area (Å²) in [6.45, 7) is 4.53. The molecule has 0 saturated heterocycles. The number of nitrogens with two attached hydrogens (primary N) is 1. The molecule has 2 aliphatic rings. The van der Waals surface area contributed by atoms with Crippen LogP contribution in [-0.2, 0) is 4.79 Å². The number of hydrogen-bond acceptors (Lipinski definition) is 2. The van der Waals surface area contributed by atoms with Gasteiger partial charge in [0.05, 0.1) is 5.54 Å². The van der Waals surface area contributed by atoms with Gasteiger partial charge in [-0.3, -0.25) is 4.79 Å². The standard InChI is InChI=1S/C13H24N2O.ClH/c1-9-5-3-6-11(10(9)2)15-12(16)13(14)7-4-8-13;/h9-11H,3-8,14H2,1-2H3,(H,15,16);1H. The average molecular weight is 261 g/mol. The molecule has 2 fully saturated rings. The van der Waals surface area contributed by atoms with E-state index < -0.39 is 5.54 Å². The van der Waals surface area contributed by atoms with Gasteiger partial charge in [-0.05, 0) is 37.5 Å². The maximum absolute atomic E-state index is 12.0. The van der Waals surface area contributed by atoms with Gasteiger partial charge in [-0.1, -0.05) is 26.7 Å². The Labute approximate surface area is 110 Å². The summed E-state index contributed by atoms with van der Waals surface area (Å²) in [5.74, 6) is 1.39. The monoisotopic (exact) mass is 260 g/mol. The minimum absolute atomic E-state index is 0. The second kappa shape index (κ2) is 5.57. The lowest BCUT2D eigenvalue weighted by Crippen LogP contribution is -2.61. The Morgan fingerprint density at radius 1 is 1.24 bits per heavy atom. The Hall–Kier alpha value is -0.280. The molecule has 3 nitrogen and oxygen atoms in total. The Bertz CT molecular complexity index is 279. The fourth-order valence-corrected chi connectivity index (χ4v) is 2.88. The molecule has 0 aromatic carbocycles. The zero-order valence-corrected chi connectivity index (χ0v) is 11.7. The number of carbonyl (C=O) groups excluding carboxylic acids is 1. The van der Waals surface area contributed by atoms with Gasteiger partial charge in [0.25, 0.3) is 0 Å². The lowest BCUT2D eigenvalue weighted by Gasteiger charge is -2.40. The van der Waals surface area contributed by atoms with E-state index in [1.165, 1.54) is 12.8 Å². The van der Waals surface area contributed by atoms with E-state index in [4.69, 9.17) is 5.73 Å². The van der Waals surface area contributed by atoms with Crippen LogP contribution in [0.2, 0.25) is 0 Å². The van der Waals surface area contributed by atoms with Crippen LogP contribution in [0.1, 0.15) is 52.4 Å². The lowest BCUT2D eigenvalue weighted by atomic mass is 9.75. The quantitative estimate of drug-likeness (QED) is 0.800. The van der Waals surface area contributed by atoms with Gasteiger partial charge in [-0.2, -0.15) is 0 Å². The topological polar surface area (TPSA) is 55.1 Å². The lowest BCUT2D eigenvalue weighted by molar-refractivity contribution is -0.130. The first-order valence-corrected chi connectivity index (χ1v) is 6.63. The van der Waals surface area contributed by atoms with Gasteiger partial charge in [-0.15, -0.1) is 12.4 Å². The Balaban J connectivity index is 0.00000144. The van der Waals surface area contributed by atoms with Crippen molar-refractivity contribution in [3.05, 3.63) is 0 Å². The first-order valence-electron chi connectivity index (χ1n) is 6.63. The van der Waals surface area contributed by atoms with Gasteiger partial charge in [0.1, 0.15) is 0 Å². The van der Waals surface area contributed by atoms with Crippen molar-refractivity contribution in [2.45, 2.75) is 64.0 Å². The minimum atomic E-state index is -0.541. The average Bonchev–Trinajstić information content (AvgIpc) is 2.21. The molecule has 3 N–H and O–H groups in total. The molecular formula is C13H25ClN2O. The number of rotatable bonds is 2. The van der Waals surface area contributed by atoms with Gasteiger partial charge in [0.2, 0.25) is 5.91 Å². The van der Waals surface area contributed by atoms with E-state index in [1.807, 2.05) is 0 Å². The third-order valence-corrected chi connectivity index (χ3v) is 4.72. The van der Waals surface area contributed by atoms with Crippen molar-refractivity contribution in [2.75, 3.05) is 0 Å². The highest BCUT2D eigenvalue weighted by Gasteiger charge is 2.41. The first-order chi connectivity index (χ1) is 7.53. The molecule has 3 atom stereocenters. The maximum Gasteiger partial charge on any atom is 0.240 e. The molecule has 100 valence electrons. The van der Waals surface area contributed by atoms with E-state index in [0.29, 0.717) is 17.9 Å². The summed E-state index contributed by atoms with van der Waals surface area (Å²) < 4.78 is 0. The molecule has 1 amide bonds. The molecule has 0 bridgehead atoms. The Morgan fingerprint density at radius 2 is 1.88 bits per heavy atom. The number of hydrogen-bond donors (Lipinski definition) is 2. The third kappa shape index (κ3) is 2.94. The summed E-state index contributed by atoms with van der Waals surface area (Å²) in [5, 5.41) is 3.18. The Kier molecular flexibility index (Phi) is 4.85. The molecule has 17 heavy (non-hydrogen) atoms. The molecule has 0 radical (unpaired) electrons. The van der Waals surface area contributed by atoms with E-state index in [-0.39, 0.29) is 18.3 Å². The van der Waals surface area contributed by atoms with Crippen molar-refractivity contribution < 1.29 is 4.79 Å². The molecule has 3 unspecified atom stereocenters. The Morgan fingerprint density at radius 3 is 2.41 bits per heavy atom. The van der Waals surface area contributed by atoms with Crippen LogP contribution in [0.4, 0.5) is 0 Å². The highest BCUT2D eigenvalue weighted by Crippen LogP contribution is 2.32. The van der Waals surface area contributed by atoms with Gasteiger partial charge in [-0.25, -0.2) is 0 Å². The molecule has 4 heteroatoms. The molecule has 0 spiro atoms. The smallest absolute Gasteiger partial charge is 0.240 e. The van der Waals surface area contributed by atoms with Crippen LogP contribution in [0.3, 0.4) is 0 Å². The zero-order chi connectivity index (χ0) is 11.8. The number of amides is 1. The van der Waals surface area contributed by atoms with Crippen LogP contribution in [0, 0.1) is 11.8 Å². The third-order valence-electron chi connectivity index (χ3n) is 4.72. The van der Waals surface area contributed by atoms with E-state index in [9.17, 15) is 4.79 Å². The maximum atomic E-state index is 12.0. The second-order valence-corrected chi connectivity index (χ2v) is 5.86. The van der Waals surface area contributed by atoms with Gasteiger partial charge in [0, 0.05) is 6.04 Å². The molecular weight excluding hydrogens is 236 g/mol. The SMILES string of the molecule is CC1CCCC(NC(=O)C2(N)CCC2)C1C.Cl.